The second-order valence-electron chi connectivity index (χ2n) is 8.77. The molecular formula is C23H30N4O3. The third-order valence-corrected chi connectivity index (χ3v) is 6.76. The summed E-state index contributed by atoms with van der Waals surface area (Å²) in [5, 5.41) is 9.96. The summed E-state index contributed by atoms with van der Waals surface area (Å²) in [6.45, 7) is 6.12. The molecule has 4 rings (SSSR count). The fraction of sp³-hybridized carbons (Fsp3) is 0.522. The molecule has 0 spiro atoms. The van der Waals surface area contributed by atoms with Gasteiger partial charge in [0.25, 0.3) is 0 Å². The van der Waals surface area contributed by atoms with Crippen LogP contribution in [0.15, 0.2) is 34.9 Å². The van der Waals surface area contributed by atoms with E-state index in [4.69, 9.17) is 4.52 Å². The van der Waals surface area contributed by atoms with Gasteiger partial charge in [0.15, 0.2) is 0 Å². The lowest BCUT2D eigenvalue weighted by atomic mass is 9.80. The molecule has 2 N–H and O–H groups in total. The van der Waals surface area contributed by atoms with Crippen molar-refractivity contribution in [1.29, 1.82) is 0 Å². The minimum atomic E-state index is -0.440. The highest BCUT2D eigenvalue weighted by Gasteiger charge is 2.57. The molecule has 3 atom stereocenters. The van der Waals surface area contributed by atoms with Crippen LogP contribution in [0, 0.1) is 25.2 Å². The number of carbonyl (C=O) groups excluding carboxylic acids is 2. The summed E-state index contributed by atoms with van der Waals surface area (Å²) >= 11 is 0. The zero-order valence-corrected chi connectivity index (χ0v) is 17.9. The molecule has 1 saturated carbocycles. The molecule has 7 nitrogen and oxygen atoms in total. The Morgan fingerprint density at radius 2 is 2.03 bits per heavy atom. The largest absolute Gasteiger partial charge is 0.361 e. The maximum atomic E-state index is 12.9. The van der Waals surface area contributed by atoms with E-state index in [-0.39, 0.29) is 30.2 Å². The van der Waals surface area contributed by atoms with Crippen LogP contribution in [0.25, 0.3) is 0 Å². The molecule has 2 heterocycles. The van der Waals surface area contributed by atoms with Crippen molar-refractivity contribution in [3.05, 3.63) is 52.9 Å². The van der Waals surface area contributed by atoms with Gasteiger partial charge in [-0.1, -0.05) is 35.5 Å². The number of fused-ring (bicyclic) bond motifs is 1. The van der Waals surface area contributed by atoms with Crippen LogP contribution in [0.1, 0.15) is 35.4 Å². The van der Waals surface area contributed by atoms with Crippen LogP contribution in [0.4, 0.5) is 0 Å². The van der Waals surface area contributed by atoms with Gasteiger partial charge in [0.05, 0.1) is 17.5 Å². The second-order valence-corrected chi connectivity index (χ2v) is 8.77. The number of nitrogens with one attached hydrogen (secondary N) is 2. The molecule has 1 aliphatic heterocycles. The SMILES string of the molecule is CNC(=O)[C@]12C[C@@H](NC(=O)Cc3c(C)noc3C)C[C@H]1CN(Cc1ccccc1)C2. The smallest absolute Gasteiger partial charge is 0.227 e. The van der Waals surface area contributed by atoms with Gasteiger partial charge in [-0.25, -0.2) is 0 Å². The van der Waals surface area contributed by atoms with Gasteiger partial charge in [-0.15, -0.1) is 0 Å². The van der Waals surface area contributed by atoms with Crippen LogP contribution in [0.3, 0.4) is 0 Å². The van der Waals surface area contributed by atoms with E-state index in [1.807, 2.05) is 32.0 Å². The topological polar surface area (TPSA) is 87.5 Å². The number of amides is 2. The first-order chi connectivity index (χ1) is 14.4. The first kappa shape index (κ1) is 20.6. The standard InChI is InChI=1S/C23H30N4O3/c1-15-20(16(2)30-26-15)10-21(28)25-19-9-18-13-27(12-17-7-5-4-6-8-17)14-23(18,11-19)22(29)24-3/h4-8,18-19H,9-14H2,1-3H3,(H,24,29)(H,25,28)/t18-,19-,23-/m0/s1. The summed E-state index contributed by atoms with van der Waals surface area (Å²) in [5.41, 5.74) is 2.42. The van der Waals surface area contributed by atoms with Crippen molar-refractivity contribution in [2.24, 2.45) is 11.3 Å². The van der Waals surface area contributed by atoms with Crippen LogP contribution in [-0.2, 0) is 22.6 Å². The molecule has 2 aromatic rings. The predicted octanol–water partition coefficient (Wildman–Crippen LogP) is 1.98. The minimum absolute atomic E-state index is 0.0131. The van der Waals surface area contributed by atoms with E-state index >= 15 is 0 Å². The van der Waals surface area contributed by atoms with Crippen molar-refractivity contribution in [2.45, 2.75) is 45.7 Å². The molecule has 2 aliphatic rings. The zero-order valence-electron chi connectivity index (χ0n) is 17.9. The summed E-state index contributed by atoms with van der Waals surface area (Å²) in [6.07, 6.45) is 1.76. The molecule has 30 heavy (non-hydrogen) atoms. The second kappa shape index (κ2) is 8.22. The molecule has 160 valence electrons. The highest BCUT2D eigenvalue weighted by Crippen LogP contribution is 2.49. The molecule has 7 heteroatoms. The number of aromatic nitrogens is 1. The monoisotopic (exact) mass is 410 g/mol. The van der Waals surface area contributed by atoms with E-state index in [1.165, 1.54) is 5.56 Å². The van der Waals surface area contributed by atoms with Gasteiger partial charge in [0, 0.05) is 38.3 Å². The maximum Gasteiger partial charge on any atom is 0.227 e. The van der Waals surface area contributed by atoms with E-state index in [2.05, 4.69) is 32.8 Å². The number of benzene rings is 1. The Morgan fingerprint density at radius 3 is 2.70 bits per heavy atom. The molecule has 1 saturated heterocycles. The summed E-state index contributed by atoms with van der Waals surface area (Å²) in [5.74, 6) is 0.975. The first-order valence-corrected chi connectivity index (χ1v) is 10.6. The molecule has 0 radical (unpaired) electrons. The lowest BCUT2D eigenvalue weighted by Crippen LogP contribution is -2.44. The number of nitrogens with zero attached hydrogens (tertiary/aromatic N) is 2. The average molecular weight is 411 g/mol. The van der Waals surface area contributed by atoms with E-state index < -0.39 is 5.41 Å². The fourth-order valence-corrected chi connectivity index (χ4v) is 5.34. The highest BCUT2D eigenvalue weighted by molar-refractivity contribution is 5.84. The van der Waals surface area contributed by atoms with Crippen molar-refractivity contribution in [3.8, 4) is 0 Å². The molecule has 2 amide bonds. The maximum absolute atomic E-state index is 12.9. The van der Waals surface area contributed by atoms with E-state index in [0.29, 0.717) is 12.2 Å². The Bertz CT molecular complexity index is 906. The number of aryl methyl sites for hydroxylation is 2. The van der Waals surface area contributed by atoms with Crippen molar-refractivity contribution >= 4 is 11.8 Å². The Hall–Kier alpha value is -2.67. The third-order valence-electron chi connectivity index (χ3n) is 6.76. The Morgan fingerprint density at radius 1 is 1.27 bits per heavy atom. The van der Waals surface area contributed by atoms with Gasteiger partial charge in [-0.2, -0.15) is 0 Å². The van der Waals surface area contributed by atoms with Crippen molar-refractivity contribution < 1.29 is 14.1 Å². The Labute approximate surface area is 177 Å². The van der Waals surface area contributed by atoms with Crippen LogP contribution in [0.2, 0.25) is 0 Å². The van der Waals surface area contributed by atoms with E-state index in [0.717, 1.165) is 37.3 Å². The molecule has 0 bridgehead atoms. The third kappa shape index (κ3) is 3.86. The quantitative estimate of drug-likeness (QED) is 0.760. The number of likely N-dealkylation sites (tertiary alicyclic amines) is 1. The molecule has 1 aliphatic carbocycles. The normalized spacial score (nSPS) is 25.8. The number of hydrogen-bond donors (Lipinski definition) is 2. The predicted molar refractivity (Wildman–Crippen MR) is 113 cm³/mol. The van der Waals surface area contributed by atoms with E-state index in [1.54, 1.807) is 7.05 Å². The van der Waals surface area contributed by atoms with Gasteiger partial charge < -0.3 is 15.2 Å². The Kier molecular flexibility index (Phi) is 5.64. The molecule has 2 fully saturated rings. The Balaban J connectivity index is 1.42. The van der Waals surface area contributed by atoms with Gasteiger partial charge in [0.2, 0.25) is 11.8 Å². The zero-order chi connectivity index (χ0) is 21.3. The van der Waals surface area contributed by atoms with Crippen LogP contribution in [0.5, 0.6) is 0 Å². The van der Waals surface area contributed by atoms with Crippen LogP contribution >= 0.6 is 0 Å². The molecule has 1 aromatic carbocycles. The van der Waals surface area contributed by atoms with Gasteiger partial charge >= 0.3 is 0 Å². The van der Waals surface area contributed by atoms with Crippen molar-refractivity contribution in [3.63, 3.8) is 0 Å². The van der Waals surface area contributed by atoms with Crippen LogP contribution in [-0.4, -0.2) is 48.0 Å². The summed E-state index contributed by atoms with van der Waals surface area (Å²) in [4.78, 5) is 27.9. The first-order valence-electron chi connectivity index (χ1n) is 10.6. The van der Waals surface area contributed by atoms with Crippen molar-refractivity contribution in [2.75, 3.05) is 20.1 Å². The number of hydrogen-bond acceptors (Lipinski definition) is 5. The van der Waals surface area contributed by atoms with E-state index in [9.17, 15) is 9.59 Å². The summed E-state index contributed by atoms with van der Waals surface area (Å²) in [6, 6.07) is 10.4. The van der Waals surface area contributed by atoms with Crippen LogP contribution < -0.4 is 10.6 Å². The van der Waals surface area contributed by atoms with Crippen molar-refractivity contribution in [1.82, 2.24) is 20.7 Å². The molecular weight excluding hydrogens is 380 g/mol. The summed E-state index contributed by atoms with van der Waals surface area (Å²) < 4.78 is 5.16. The molecule has 1 aromatic heterocycles. The van der Waals surface area contributed by atoms with Gasteiger partial charge in [-0.05, 0) is 38.2 Å². The average Bonchev–Trinajstić information content (AvgIpc) is 3.34. The minimum Gasteiger partial charge on any atom is -0.361 e. The number of carbonyl (C=O) groups is 2. The highest BCUT2D eigenvalue weighted by atomic mass is 16.5. The lowest BCUT2D eigenvalue weighted by molar-refractivity contribution is -0.131. The summed E-state index contributed by atoms with van der Waals surface area (Å²) in [7, 11) is 1.71. The fourth-order valence-electron chi connectivity index (χ4n) is 5.34. The number of rotatable bonds is 6. The van der Waals surface area contributed by atoms with Gasteiger partial charge in [0.1, 0.15) is 5.76 Å². The lowest BCUT2D eigenvalue weighted by Gasteiger charge is -2.27. The van der Waals surface area contributed by atoms with Gasteiger partial charge in [-0.3, -0.25) is 14.5 Å². The molecule has 0 unspecified atom stereocenters.